The Kier molecular flexibility index (Phi) is 6.28. The van der Waals surface area contributed by atoms with E-state index in [9.17, 15) is 13.2 Å². The number of amides is 1. The second-order valence-corrected chi connectivity index (χ2v) is 12.4. The molecule has 0 spiro atoms. The van der Waals surface area contributed by atoms with Crippen molar-refractivity contribution < 1.29 is 13.2 Å². The summed E-state index contributed by atoms with van der Waals surface area (Å²) in [6, 6.07) is -0.246. The number of thioether (sulfide) groups is 1. The molecule has 1 amide bonds. The maximum absolute atomic E-state index is 13.0. The Labute approximate surface area is 185 Å². The van der Waals surface area contributed by atoms with E-state index in [0.29, 0.717) is 17.4 Å². The van der Waals surface area contributed by atoms with Gasteiger partial charge < -0.3 is 10.6 Å². The fourth-order valence-electron chi connectivity index (χ4n) is 4.43. The average Bonchev–Trinajstić information content (AvgIpc) is 3.26. The number of thiophene rings is 1. The van der Waals surface area contributed by atoms with Crippen molar-refractivity contribution in [3.8, 4) is 0 Å². The van der Waals surface area contributed by atoms with Gasteiger partial charge in [0.2, 0.25) is 5.91 Å². The van der Waals surface area contributed by atoms with Gasteiger partial charge in [0, 0.05) is 17.0 Å². The normalized spacial score (nSPS) is 21.5. The SMILES string of the molecule is CC[C@H](C)N(C(=O)CSc1nc(N)c2c3c(sc2n1)CCCC3)[C@@H]1CCS(=O)(=O)C1. The number of rotatable bonds is 6. The van der Waals surface area contributed by atoms with E-state index in [1.807, 2.05) is 13.8 Å². The highest BCUT2D eigenvalue weighted by Gasteiger charge is 2.36. The molecule has 164 valence electrons. The summed E-state index contributed by atoms with van der Waals surface area (Å²) in [5.41, 5.74) is 7.57. The van der Waals surface area contributed by atoms with Crippen LogP contribution in [0.1, 0.15) is 50.0 Å². The second-order valence-electron chi connectivity index (χ2n) is 8.19. The predicted octanol–water partition coefficient (Wildman–Crippen LogP) is 3.06. The summed E-state index contributed by atoms with van der Waals surface area (Å²) in [5, 5.41) is 1.50. The molecule has 1 aliphatic carbocycles. The van der Waals surface area contributed by atoms with Gasteiger partial charge in [0.05, 0.1) is 22.6 Å². The first-order valence-electron chi connectivity index (χ1n) is 10.5. The lowest BCUT2D eigenvalue weighted by molar-refractivity contribution is -0.132. The number of nitrogens with two attached hydrogens (primary N) is 1. The quantitative estimate of drug-likeness (QED) is 0.513. The number of sulfone groups is 1. The third kappa shape index (κ3) is 4.31. The molecule has 0 radical (unpaired) electrons. The lowest BCUT2D eigenvalue weighted by atomic mass is 9.97. The minimum Gasteiger partial charge on any atom is -0.383 e. The van der Waals surface area contributed by atoms with Gasteiger partial charge in [-0.3, -0.25) is 4.79 Å². The lowest BCUT2D eigenvalue weighted by Crippen LogP contribution is -2.47. The highest BCUT2D eigenvalue weighted by molar-refractivity contribution is 7.99. The Hall–Kier alpha value is -1.39. The number of aromatic nitrogens is 2. The van der Waals surface area contributed by atoms with Gasteiger partial charge in [-0.2, -0.15) is 0 Å². The molecule has 1 fully saturated rings. The average molecular weight is 469 g/mol. The largest absolute Gasteiger partial charge is 0.383 e. The van der Waals surface area contributed by atoms with E-state index in [-0.39, 0.29) is 35.2 Å². The molecule has 7 nitrogen and oxygen atoms in total. The molecule has 0 saturated carbocycles. The fraction of sp³-hybridized carbons (Fsp3) is 0.650. The highest BCUT2D eigenvalue weighted by Crippen LogP contribution is 2.38. The van der Waals surface area contributed by atoms with Gasteiger partial charge in [0.1, 0.15) is 10.6 Å². The minimum atomic E-state index is -3.06. The predicted molar refractivity (Wildman–Crippen MR) is 123 cm³/mol. The summed E-state index contributed by atoms with van der Waals surface area (Å²) in [5.74, 6) is 0.824. The molecule has 2 aromatic heterocycles. The van der Waals surface area contributed by atoms with E-state index >= 15 is 0 Å². The number of fused-ring (bicyclic) bond motifs is 3. The number of hydrogen-bond acceptors (Lipinski definition) is 8. The number of hydrogen-bond donors (Lipinski definition) is 1. The van der Waals surface area contributed by atoms with Crippen molar-refractivity contribution >= 4 is 54.9 Å². The van der Waals surface area contributed by atoms with E-state index < -0.39 is 9.84 Å². The summed E-state index contributed by atoms with van der Waals surface area (Å²) in [6.45, 7) is 3.99. The molecule has 0 aromatic carbocycles. The number of nitrogen functional groups attached to an aromatic ring is 1. The Morgan fingerprint density at radius 1 is 1.33 bits per heavy atom. The van der Waals surface area contributed by atoms with E-state index in [1.54, 1.807) is 16.2 Å². The molecule has 2 aliphatic rings. The number of carbonyl (C=O) groups excluding carboxylic acids is 1. The summed E-state index contributed by atoms with van der Waals surface area (Å²) in [4.78, 5) is 26.2. The zero-order chi connectivity index (χ0) is 21.5. The van der Waals surface area contributed by atoms with Crippen LogP contribution >= 0.6 is 23.1 Å². The molecular formula is C20H28N4O3S3. The van der Waals surface area contributed by atoms with Crippen LogP contribution in [0.25, 0.3) is 10.2 Å². The summed E-state index contributed by atoms with van der Waals surface area (Å²) in [6.07, 6.45) is 5.77. The Morgan fingerprint density at radius 2 is 2.10 bits per heavy atom. The van der Waals surface area contributed by atoms with Crippen molar-refractivity contribution in [1.82, 2.24) is 14.9 Å². The third-order valence-electron chi connectivity index (χ3n) is 6.10. The number of carbonyl (C=O) groups is 1. The van der Waals surface area contributed by atoms with Crippen LogP contribution in [0.15, 0.2) is 5.16 Å². The van der Waals surface area contributed by atoms with Gasteiger partial charge in [-0.1, -0.05) is 18.7 Å². The van der Waals surface area contributed by atoms with Crippen LogP contribution in [-0.4, -0.2) is 58.5 Å². The van der Waals surface area contributed by atoms with Gasteiger partial charge >= 0.3 is 0 Å². The molecule has 3 heterocycles. The zero-order valence-electron chi connectivity index (χ0n) is 17.4. The van der Waals surface area contributed by atoms with Gasteiger partial charge in [-0.15, -0.1) is 11.3 Å². The molecular weight excluding hydrogens is 440 g/mol. The molecule has 0 unspecified atom stereocenters. The standard InChI is InChI=1S/C20H28N4O3S3/c1-3-12(2)24(13-8-9-30(26,27)11-13)16(25)10-28-20-22-18(21)17-14-6-4-5-7-15(14)29-19(17)23-20/h12-13H,3-11H2,1-2H3,(H2,21,22,23)/t12-,13+/m0/s1. The first-order valence-corrected chi connectivity index (χ1v) is 14.1. The molecule has 1 saturated heterocycles. The van der Waals surface area contributed by atoms with E-state index in [0.717, 1.165) is 29.5 Å². The molecule has 4 rings (SSSR count). The summed E-state index contributed by atoms with van der Waals surface area (Å²) < 4.78 is 23.9. The Bertz CT molecular complexity index is 1070. The van der Waals surface area contributed by atoms with Crippen LogP contribution in [-0.2, 0) is 27.5 Å². The van der Waals surface area contributed by atoms with Gasteiger partial charge in [0.25, 0.3) is 0 Å². The minimum absolute atomic E-state index is 0.00566. The first-order chi connectivity index (χ1) is 14.3. The van der Waals surface area contributed by atoms with Crippen LogP contribution in [0.2, 0.25) is 0 Å². The third-order valence-corrected chi connectivity index (χ3v) is 9.87. The lowest BCUT2D eigenvalue weighted by Gasteiger charge is -2.33. The van der Waals surface area contributed by atoms with Crippen LogP contribution < -0.4 is 5.73 Å². The van der Waals surface area contributed by atoms with E-state index in [2.05, 4.69) is 9.97 Å². The molecule has 2 atom stereocenters. The number of aryl methyl sites for hydroxylation is 2. The Morgan fingerprint density at radius 3 is 2.80 bits per heavy atom. The zero-order valence-corrected chi connectivity index (χ0v) is 19.8. The fourth-order valence-corrected chi connectivity index (χ4v) is 8.19. The molecule has 30 heavy (non-hydrogen) atoms. The summed E-state index contributed by atoms with van der Waals surface area (Å²) >= 11 is 2.97. The van der Waals surface area contributed by atoms with Crippen molar-refractivity contribution in [2.75, 3.05) is 23.0 Å². The maximum Gasteiger partial charge on any atom is 0.233 e. The highest BCUT2D eigenvalue weighted by atomic mass is 32.2. The van der Waals surface area contributed by atoms with Crippen LogP contribution in [0.5, 0.6) is 0 Å². The molecule has 2 aromatic rings. The van der Waals surface area contributed by atoms with Crippen LogP contribution in [0.4, 0.5) is 5.82 Å². The molecule has 10 heteroatoms. The maximum atomic E-state index is 13.0. The molecule has 0 bridgehead atoms. The van der Waals surface area contributed by atoms with Crippen molar-refractivity contribution in [3.63, 3.8) is 0 Å². The molecule has 1 aliphatic heterocycles. The van der Waals surface area contributed by atoms with Gasteiger partial charge in [-0.25, -0.2) is 18.4 Å². The first kappa shape index (κ1) is 21.8. The van der Waals surface area contributed by atoms with E-state index in [1.165, 1.54) is 35.0 Å². The van der Waals surface area contributed by atoms with Gasteiger partial charge in [0.15, 0.2) is 15.0 Å². The topological polar surface area (TPSA) is 106 Å². The monoisotopic (exact) mass is 468 g/mol. The molecule has 2 N–H and O–H groups in total. The van der Waals surface area contributed by atoms with Crippen LogP contribution in [0.3, 0.4) is 0 Å². The van der Waals surface area contributed by atoms with Crippen molar-refractivity contribution in [3.05, 3.63) is 10.4 Å². The van der Waals surface area contributed by atoms with Gasteiger partial charge in [-0.05, 0) is 51.0 Å². The second kappa shape index (κ2) is 8.63. The summed E-state index contributed by atoms with van der Waals surface area (Å²) in [7, 11) is -3.06. The van der Waals surface area contributed by atoms with Crippen molar-refractivity contribution in [2.24, 2.45) is 0 Å². The van der Waals surface area contributed by atoms with Crippen molar-refractivity contribution in [1.29, 1.82) is 0 Å². The van der Waals surface area contributed by atoms with Crippen molar-refractivity contribution in [2.45, 2.75) is 69.6 Å². The Balaban J connectivity index is 1.51. The number of anilines is 1. The number of nitrogens with zero attached hydrogens (tertiary/aromatic N) is 3. The smallest absolute Gasteiger partial charge is 0.233 e. The van der Waals surface area contributed by atoms with E-state index in [4.69, 9.17) is 5.73 Å². The van der Waals surface area contributed by atoms with Crippen LogP contribution in [0, 0.1) is 0 Å².